The Hall–Kier alpha value is -2.01. The molecule has 0 saturated carbocycles. The lowest BCUT2D eigenvalue weighted by molar-refractivity contribution is -0.137. The fourth-order valence-electron chi connectivity index (χ4n) is 2.31. The zero-order valence-corrected chi connectivity index (χ0v) is 18.0. The monoisotopic (exact) mass is 484 g/mol. The van der Waals surface area contributed by atoms with Crippen LogP contribution in [-0.4, -0.2) is 27.0 Å². The molecule has 6 nitrogen and oxygen atoms in total. The Morgan fingerprint density at radius 1 is 1.13 bits per heavy atom. The molecular formula is C18H17Cl2F3N2O4S. The van der Waals surface area contributed by atoms with E-state index >= 15 is 0 Å². The van der Waals surface area contributed by atoms with Crippen LogP contribution in [0.1, 0.15) is 19.4 Å². The van der Waals surface area contributed by atoms with Gasteiger partial charge in [-0.05, 0) is 50.2 Å². The number of amides is 1. The van der Waals surface area contributed by atoms with E-state index in [2.05, 4.69) is 10.0 Å². The molecule has 0 aliphatic rings. The van der Waals surface area contributed by atoms with Crippen molar-refractivity contribution in [3.05, 3.63) is 52.0 Å². The minimum Gasteiger partial charge on any atom is -0.492 e. The summed E-state index contributed by atoms with van der Waals surface area (Å²) >= 11 is 11.8. The molecule has 0 aliphatic heterocycles. The molecule has 0 fully saturated rings. The van der Waals surface area contributed by atoms with Crippen molar-refractivity contribution in [3.63, 3.8) is 0 Å². The van der Waals surface area contributed by atoms with Crippen LogP contribution in [0.4, 0.5) is 18.9 Å². The highest BCUT2D eigenvalue weighted by molar-refractivity contribution is 7.89. The minimum absolute atomic E-state index is 0.0626. The molecule has 30 heavy (non-hydrogen) atoms. The first-order valence-corrected chi connectivity index (χ1v) is 10.7. The van der Waals surface area contributed by atoms with E-state index in [9.17, 15) is 26.4 Å². The predicted octanol–water partition coefficient (Wildman–Crippen LogP) is 4.72. The van der Waals surface area contributed by atoms with Crippen LogP contribution in [0.5, 0.6) is 5.75 Å². The van der Waals surface area contributed by atoms with Gasteiger partial charge in [-0.2, -0.15) is 17.9 Å². The second-order valence-electron chi connectivity index (χ2n) is 6.05. The molecule has 0 saturated heterocycles. The van der Waals surface area contributed by atoms with E-state index in [1.54, 1.807) is 6.92 Å². The zero-order valence-electron chi connectivity index (χ0n) is 15.7. The number of halogens is 5. The molecule has 0 spiro atoms. The number of hydrogen-bond acceptors (Lipinski definition) is 4. The summed E-state index contributed by atoms with van der Waals surface area (Å²) in [5.74, 6) is -0.611. The number of hydrogen-bond donors (Lipinski definition) is 2. The SMILES string of the molecule is CCOc1ccc(S(=O)(=O)N[C@@H](C)C(=O)Nc2cc(C(F)(F)F)ccc2Cl)cc1Cl. The Kier molecular flexibility index (Phi) is 7.62. The van der Waals surface area contributed by atoms with Gasteiger partial charge in [-0.25, -0.2) is 8.42 Å². The molecule has 2 N–H and O–H groups in total. The average Bonchev–Trinajstić information content (AvgIpc) is 2.63. The number of rotatable bonds is 7. The highest BCUT2D eigenvalue weighted by Gasteiger charge is 2.31. The van der Waals surface area contributed by atoms with Gasteiger partial charge >= 0.3 is 6.18 Å². The van der Waals surface area contributed by atoms with Gasteiger partial charge in [-0.3, -0.25) is 4.79 Å². The number of alkyl halides is 3. The van der Waals surface area contributed by atoms with Crippen LogP contribution >= 0.6 is 23.2 Å². The Balaban J connectivity index is 2.16. The molecular weight excluding hydrogens is 468 g/mol. The molecule has 0 heterocycles. The lowest BCUT2D eigenvalue weighted by Crippen LogP contribution is -2.41. The Morgan fingerprint density at radius 3 is 2.37 bits per heavy atom. The summed E-state index contributed by atoms with van der Waals surface area (Å²) < 4.78 is 70.9. The van der Waals surface area contributed by atoms with E-state index < -0.39 is 33.7 Å². The van der Waals surface area contributed by atoms with Crippen molar-refractivity contribution in [2.45, 2.75) is 31.0 Å². The molecule has 1 atom stereocenters. The van der Waals surface area contributed by atoms with E-state index in [1.807, 2.05) is 0 Å². The molecule has 0 radical (unpaired) electrons. The van der Waals surface area contributed by atoms with Gasteiger partial charge in [0.05, 0.1) is 38.8 Å². The Morgan fingerprint density at radius 2 is 1.80 bits per heavy atom. The summed E-state index contributed by atoms with van der Waals surface area (Å²) in [5, 5.41) is 2.12. The van der Waals surface area contributed by atoms with Crippen molar-refractivity contribution in [2.24, 2.45) is 0 Å². The first-order valence-electron chi connectivity index (χ1n) is 8.47. The number of sulfonamides is 1. The number of carbonyl (C=O) groups is 1. The van der Waals surface area contributed by atoms with E-state index in [0.717, 1.165) is 18.2 Å². The summed E-state index contributed by atoms with van der Waals surface area (Å²) in [4.78, 5) is 12.1. The standard InChI is InChI=1S/C18H17Cl2F3N2O4S/c1-3-29-16-7-5-12(9-14(16)20)30(27,28)25-10(2)17(26)24-15-8-11(18(21,22)23)4-6-13(15)19/h4-10,25H,3H2,1-2H3,(H,24,26)/t10-/m0/s1. The molecule has 2 aromatic carbocycles. The second kappa shape index (κ2) is 9.42. The highest BCUT2D eigenvalue weighted by atomic mass is 35.5. The van der Waals surface area contributed by atoms with E-state index in [4.69, 9.17) is 27.9 Å². The third-order valence-corrected chi connectivity index (χ3v) is 5.95. The van der Waals surface area contributed by atoms with Crippen LogP contribution in [0.2, 0.25) is 10.0 Å². The highest BCUT2D eigenvalue weighted by Crippen LogP contribution is 2.34. The van der Waals surface area contributed by atoms with Gasteiger partial charge in [0.15, 0.2) is 0 Å². The third-order valence-electron chi connectivity index (χ3n) is 3.79. The van der Waals surface area contributed by atoms with E-state index in [0.29, 0.717) is 18.4 Å². The van der Waals surface area contributed by atoms with Gasteiger partial charge < -0.3 is 10.1 Å². The summed E-state index contributed by atoms with van der Waals surface area (Å²) in [5.41, 5.74) is -1.31. The van der Waals surface area contributed by atoms with Crippen LogP contribution in [0.25, 0.3) is 0 Å². The van der Waals surface area contributed by atoms with E-state index in [1.165, 1.54) is 19.1 Å². The zero-order chi connectivity index (χ0) is 22.7. The van der Waals surface area contributed by atoms with Crippen LogP contribution in [0, 0.1) is 0 Å². The van der Waals surface area contributed by atoms with Gasteiger partial charge in [-0.15, -0.1) is 0 Å². The van der Waals surface area contributed by atoms with Crippen molar-refractivity contribution in [3.8, 4) is 5.75 Å². The lowest BCUT2D eigenvalue weighted by Gasteiger charge is -2.16. The molecule has 0 bridgehead atoms. The maximum atomic E-state index is 12.8. The number of carbonyl (C=O) groups excluding carboxylic acids is 1. The molecule has 2 aromatic rings. The fraction of sp³-hybridized carbons (Fsp3) is 0.278. The van der Waals surface area contributed by atoms with Crippen molar-refractivity contribution in [1.82, 2.24) is 4.72 Å². The first kappa shape index (κ1) is 24.3. The van der Waals surface area contributed by atoms with Gasteiger partial charge in [0.25, 0.3) is 0 Å². The van der Waals surface area contributed by atoms with Gasteiger partial charge in [0, 0.05) is 0 Å². The summed E-state index contributed by atoms with van der Waals surface area (Å²) in [6, 6.07) is 4.85. The molecule has 12 heteroatoms. The van der Waals surface area contributed by atoms with Gasteiger partial charge in [0.1, 0.15) is 5.75 Å². The smallest absolute Gasteiger partial charge is 0.416 e. The van der Waals surface area contributed by atoms with Crippen LogP contribution in [0.3, 0.4) is 0 Å². The number of anilines is 1. The average molecular weight is 485 g/mol. The lowest BCUT2D eigenvalue weighted by atomic mass is 10.2. The normalized spacial score (nSPS) is 13.0. The summed E-state index contributed by atoms with van der Waals surface area (Å²) in [6.07, 6.45) is -4.63. The minimum atomic E-state index is -4.63. The summed E-state index contributed by atoms with van der Waals surface area (Å²) in [7, 11) is -4.16. The first-order chi connectivity index (χ1) is 13.8. The molecule has 0 aliphatic carbocycles. The maximum absolute atomic E-state index is 12.8. The van der Waals surface area contributed by atoms with Crippen LogP contribution in [-0.2, 0) is 21.0 Å². The molecule has 1 amide bonds. The predicted molar refractivity (Wildman–Crippen MR) is 107 cm³/mol. The fourth-order valence-corrected chi connectivity index (χ4v) is 4.01. The Bertz CT molecular complexity index is 1050. The van der Waals surface area contributed by atoms with Gasteiger partial charge in [-0.1, -0.05) is 23.2 Å². The van der Waals surface area contributed by atoms with Crippen LogP contribution < -0.4 is 14.8 Å². The molecule has 0 aromatic heterocycles. The summed E-state index contributed by atoms with van der Waals surface area (Å²) in [6.45, 7) is 3.30. The van der Waals surface area contributed by atoms with Crippen molar-refractivity contribution in [2.75, 3.05) is 11.9 Å². The van der Waals surface area contributed by atoms with Crippen molar-refractivity contribution in [1.29, 1.82) is 0 Å². The molecule has 0 unspecified atom stereocenters. The maximum Gasteiger partial charge on any atom is 0.416 e. The number of benzene rings is 2. The van der Waals surface area contributed by atoms with E-state index in [-0.39, 0.29) is 20.6 Å². The topological polar surface area (TPSA) is 84.5 Å². The molecule has 164 valence electrons. The van der Waals surface area contributed by atoms with Crippen molar-refractivity contribution < 1.29 is 31.1 Å². The number of nitrogens with one attached hydrogen (secondary N) is 2. The third kappa shape index (κ3) is 6.00. The number of ether oxygens (including phenoxy) is 1. The second-order valence-corrected chi connectivity index (χ2v) is 8.58. The van der Waals surface area contributed by atoms with Crippen LogP contribution in [0.15, 0.2) is 41.3 Å². The quantitative estimate of drug-likeness (QED) is 0.595. The molecule has 2 rings (SSSR count). The Labute approximate surface area is 181 Å². The largest absolute Gasteiger partial charge is 0.492 e. The van der Waals surface area contributed by atoms with Crippen molar-refractivity contribution >= 4 is 44.8 Å². The van der Waals surface area contributed by atoms with Gasteiger partial charge in [0.2, 0.25) is 15.9 Å².